The summed E-state index contributed by atoms with van der Waals surface area (Å²) in [6.45, 7) is 22.9. The largest absolute Gasteiger partial charge is 0.487 e. The van der Waals surface area contributed by atoms with Crippen LogP contribution in [0.25, 0.3) is 0 Å². The SMILES string of the molecule is Cc1c(C)c(S(=O)(=O)NC(N)=NCCCC(NC(=O)C(CCCN=C(N)NS(=O)(=O)c2c(C)c(C)c3c(c2C)CC(C)(C)O3)NC(=O)OC(C)(C)C)C(=O)O)c(C)c2c1OC(C)(C)C2. The maximum atomic E-state index is 13.6. The molecule has 2 heterocycles. The fourth-order valence-electron chi connectivity index (χ4n) is 7.98. The Morgan fingerprint density at radius 3 is 1.45 bits per heavy atom. The highest BCUT2D eigenvalue weighted by Gasteiger charge is 2.38. The van der Waals surface area contributed by atoms with Crippen molar-refractivity contribution < 1.29 is 50.5 Å². The Hall–Kier alpha value is -5.31. The molecule has 19 nitrogen and oxygen atoms in total. The highest BCUT2D eigenvalue weighted by molar-refractivity contribution is 7.90. The maximum absolute atomic E-state index is 13.6. The van der Waals surface area contributed by atoms with Gasteiger partial charge in [0, 0.05) is 37.1 Å². The van der Waals surface area contributed by atoms with Crippen LogP contribution in [-0.2, 0) is 47.2 Å². The molecule has 21 heteroatoms. The van der Waals surface area contributed by atoms with E-state index in [-0.39, 0.29) is 54.5 Å². The summed E-state index contributed by atoms with van der Waals surface area (Å²) in [7, 11) is -8.34. The van der Waals surface area contributed by atoms with Crippen molar-refractivity contribution in [2.75, 3.05) is 13.1 Å². The van der Waals surface area contributed by atoms with Gasteiger partial charge in [0.1, 0.15) is 40.4 Å². The summed E-state index contributed by atoms with van der Waals surface area (Å²) >= 11 is 0. The minimum atomic E-state index is -4.17. The van der Waals surface area contributed by atoms with E-state index >= 15 is 0 Å². The van der Waals surface area contributed by atoms with Crippen LogP contribution in [0.1, 0.15) is 119 Å². The number of guanidine groups is 2. The highest BCUT2D eigenvalue weighted by Crippen LogP contribution is 2.45. The topological polar surface area (TPSA) is 292 Å². The summed E-state index contributed by atoms with van der Waals surface area (Å²) in [6.07, 6.45) is 0.126. The number of nitrogens with zero attached hydrogens (tertiary/aromatic N) is 2. The van der Waals surface area contributed by atoms with Crippen molar-refractivity contribution in [1.29, 1.82) is 0 Å². The van der Waals surface area contributed by atoms with Crippen molar-refractivity contribution in [1.82, 2.24) is 20.1 Å². The number of hydrogen-bond acceptors (Lipinski definition) is 12. The van der Waals surface area contributed by atoms with Crippen molar-refractivity contribution in [3.05, 3.63) is 44.5 Å². The van der Waals surface area contributed by atoms with E-state index in [0.29, 0.717) is 57.7 Å². The van der Waals surface area contributed by atoms with E-state index in [1.165, 1.54) is 0 Å². The third kappa shape index (κ3) is 12.3. The van der Waals surface area contributed by atoms with Crippen LogP contribution >= 0.6 is 0 Å². The van der Waals surface area contributed by atoms with Crippen LogP contribution in [0.15, 0.2) is 19.8 Å². The van der Waals surface area contributed by atoms with Crippen molar-refractivity contribution in [2.24, 2.45) is 21.5 Å². The number of carbonyl (C=O) groups is 3. The molecular weight excluding hydrogens is 869 g/mol. The van der Waals surface area contributed by atoms with Gasteiger partial charge in [-0.25, -0.2) is 35.9 Å². The lowest BCUT2D eigenvalue weighted by molar-refractivity contribution is -0.142. The first-order valence-corrected chi connectivity index (χ1v) is 24.1. The Morgan fingerprint density at radius 1 is 0.688 bits per heavy atom. The van der Waals surface area contributed by atoms with Crippen LogP contribution in [0.5, 0.6) is 11.5 Å². The normalized spacial score (nSPS) is 16.7. The lowest BCUT2D eigenvalue weighted by Crippen LogP contribution is -2.52. The quantitative estimate of drug-likeness (QED) is 0.0716. The fourth-order valence-corrected chi connectivity index (χ4v) is 11.0. The molecule has 2 unspecified atom stereocenters. The number of sulfonamides is 2. The number of fused-ring (bicyclic) bond motifs is 2. The number of nitrogens with two attached hydrogens (primary N) is 2. The van der Waals surface area contributed by atoms with Crippen LogP contribution < -0.4 is 41.0 Å². The number of carboxylic acids is 1. The molecule has 0 saturated carbocycles. The first-order chi connectivity index (χ1) is 29.3. The molecule has 0 spiro atoms. The van der Waals surface area contributed by atoms with E-state index in [0.717, 1.165) is 11.1 Å². The van der Waals surface area contributed by atoms with Gasteiger partial charge in [0.15, 0.2) is 0 Å². The van der Waals surface area contributed by atoms with E-state index in [1.807, 2.05) is 27.7 Å². The average Bonchev–Trinajstić information content (AvgIpc) is 3.66. The third-order valence-electron chi connectivity index (χ3n) is 11.1. The van der Waals surface area contributed by atoms with E-state index in [9.17, 15) is 36.3 Å². The van der Waals surface area contributed by atoms with Crippen LogP contribution in [0.4, 0.5) is 4.79 Å². The average molecular weight is 935 g/mol. The van der Waals surface area contributed by atoms with Crippen LogP contribution in [-0.4, -0.2) is 93.8 Å². The van der Waals surface area contributed by atoms with Crippen molar-refractivity contribution >= 4 is 49.9 Å². The molecule has 0 aromatic heterocycles. The Labute approximate surface area is 377 Å². The zero-order chi connectivity index (χ0) is 48.5. The number of carbonyl (C=O) groups excluding carboxylic acids is 2. The number of amides is 2. The molecule has 0 bridgehead atoms. The van der Waals surface area contributed by atoms with E-state index in [2.05, 4.69) is 30.1 Å². The summed E-state index contributed by atoms with van der Waals surface area (Å²) in [4.78, 5) is 47.0. The molecule has 0 radical (unpaired) electrons. The molecule has 2 aromatic carbocycles. The standard InChI is InChI=1S/C43H66N8O11S2/c1-22-24(3)34(26(5)28-20-42(10,11)60-32(22)28)63(56,57)50-38(44)46-18-14-16-30(49-40(55)62-41(7,8)9)36(52)48-31(37(53)54)17-15-19-47-39(45)51-64(58,59)35-25(4)23(2)33-29(27(35)6)21-43(12,13)61-33/h30-31H,14-21H2,1-13H3,(H,48,52)(H,49,55)(H,53,54)(H3,44,46,50)(H3,45,47,51). The summed E-state index contributed by atoms with van der Waals surface area (Å²) in [5.41, 5.74) is 15.3. The van der Waals surface area contributed by atoms with Crippen LogP contribution in [0, 0.1) is 41.5 Å². The number of benzene rings is 2. The zero-order valence-electron chi connectivity index (χ0n) is 39.2. The number of ether oxygens (including phenoxy) is 3. The van der Waals surface area contributed by atoms with E-state index < -0.39 is 72.9 Å². The molecule has 4 rings (SSSR count). The number of carboxylic acid groups (broad SMARTS) is 1. The fraction of sp³-hybridized carbons (Fsp3) is 0.605. The Balaban J connectivity index is 1.39. The number of rotatable bonds is 16. The van der Waals surface area contributed by atoms with Crippen molar-refractivity contribution in [3.8, 4) is 11.5 Å². The smallest absolute Gasteiger partial charge is 0.408 e. The second-order valence-electron chi connectivity index (χ2n) is 18.7. The monoisotopic (exact) mass is 934 g/mol. The summed E-state index contributed by atoms with van der Waals surface area (Å²) in [5.74, 6) is -1.63. The lowest BCUT2D eigenvalue weighted by atomic mass is 9.94. The third-order valence-corrected chi connectivity index (χ3v) is 14.3. The van der Waals surface area contributed by atoms with Gasteiger partial charge >= 0.3 is 12.1 Å². The molecule has 2 aliphatic rings. The molecule has 2 aliphatic heterocycles. The van der Waals surface area contributed by atoms with E-state index in [1.54, 1.807) is 62.3 Å². The minimum Gasteiger partial charge on any atom is -0.487 e. The molecule has 0 saturated heterocycles. The molecule has 356 valence electrons. The second-order valence-corrected chi connectivity index (χ2v) is 22.0. The van der Waals surface area contributed by atoms with Gasteiger partial charge in [0.05, 0.1) is 9.79 Å². The molecule has 64 heavy (non-hydrogen) atoms. The Kier molecular flexibility index (Phi) is 15.3. The minimum absolute atomic E-state index is 0.0621. The molecule has 9 N–H and O–H groups in total. The van der Waals surface area contributed by atoms with Crippen LogP contribution in [0.2, 0.25) is 0 Å². The van der Waals surface area contributed by atoms with Gasteiger partial charge in [-0.05, 0) is 149 Å². The maximum Gasteiger partial charge on any atom is 0.408 e. The predicted molar refractivity (Wildman–Crippen MR) is 243 cm³/mol. The van der Waals surface area contributed by atoms with Gasteiger partial charge < -0.3 is 41.4 Å². The number of hydrogen-bond donors (Lipinski definition) is 7. The molecule has 0 fully saturated rings. The molecular formula is C43H66N8O11S2. The first kappa shape index (κ1) is 51.3. The van der Waals surface area contributed by atoms with Gasteiger partial charge in [0.25, 0.3) is 20.0 Å². The number of aliphatic imine (C=N–C) groups is 2. The van der Waals surface area contributed by atoms with Gasteiger partial charge in [-0.15, -0.1) is 0 Å². The number of nitrogens with one attached hydrogen (secondary N) is 4. The van der Waals surface area contributed by atoms with Gasteiger partial charge in [-0.3, -0.25) is 14.8 Å². The van der Waals surface area contributed by atoms with Gasteiger partial charge in [-0.1, -0.05) is 0 Å². The number of aliphatic carboxylic acids is 1. The van der Waals surface area contributed by atoms with Crippen molar-refractivity contribution in [3.63, 3.8) is 0 Å². The van der Waals surface area contributed by atoms with Gasteiger partial charge in [0.2, 0.25) is 17.8 Å². The summed E-state index contributed by atoms with van der Waals surface area (Å²) in [5, 5.41) is 14.9. The second kappa shape index (κ2) is 19.0. The lowest BCUT2D eigenvalue weighted by Gasteiger charge is -2.24. The molecule has 2 atom stereocenters. The molecule has 2 amide bonds. The Morgan fingerprint density at radius 2 is 1.08 bits per heavy atom. The molecule has 0 aliphatic carbocycles. The zero-order valence-corrected chi connectivity index (χ0v) is 40.8. The van der Waals surface area contributed by atoms with Crippen LogP contribution in [0.3, 0.4) is 0 Å². The van der Waals surface area contributed by atoms with E-state index in [4.69, 9.17) is 25.7 Å². The summed E-state index contributed by atoms with van der Waals surface area (Å²) in [6, 6.07) is -2.71. The summed E-state index contributed by atoms with van der Waals surface area (Å²) < 4.78 is 76.5. The predicted octanol–water partition coefficient (Wildman–Crippen LogP) is 3.87. The van der Waals surface area contributed by atoms with Gasteiger partial charge in [-0.2, -0.15) is 0 Å². The Bertz CT molecular complexity index is 2470. The first-order valence-electron chi connectivity index (χ1n) is 21.1. The number of alkyl carbamates (subject to hydrolysis) is 1. The molecule has 2 aromatic rings. The van der Waals surface area contributed by atoms with Crippen molar-refractivity contribution in [2.45, 2.75) is 167 Å². The highest BCUT2D eigenvalue weighted by atomic mass is 32.2.